The van der Waals surface area contributed by atoms with Crippen LogP contribution < -0.4 is 11.5 Å². The van der Waals surface area contributed by atoms with Crippen molar-refractivity contribution in [1.29, 1.82) is 0 Å². The van der Waals surface area contributed by atoms with Crippen LogP contribution in [0.3, 0.4) is 0 Å². The van der Waals surface area contributed by atoms with Crippen molar-refractivity contribution in [3.63, 3.8) is 0 Å². The summed E-state index contributed by atoms with van der Waals surface area (Å²) < 4.78 is 18.7. The fourth-order valence-electron chi connectivity index (χ4n) is 1.24. The summed E-state index contributed by atoms with van der Waals surface area (Å²) in [5.41, 5.74) is 9.67. The second-order valence-corrected chi connectivity index (χ2v) is 10.1. The fraction of sp³-hybridized carbons (Fsp3) is 0.750. The number of hydrogen-bond acceptors (Lipinski definition) is 12. The number of hydrogen-bond donors (Lipinski definition) is 2. The molecule has 0 fully saturated rings. The van der Waals surface area contributed by atoms with Crippen LogP contribution in [0.15, 0.2) is 0 Å². The van der Waals surface area contributed by atoms with Crippen molar-refractivity contribution in [2.45, 2.75) is 64.8 Å². The van der Waals surface area contributed by atoms with Gasteiger partial charge < -0.3 is 30.4 Å². The second-order valence-electron chi connectivity index (χ2n) is 7.55. The smallest absolute Gasteiger partial charge is 0.428 e. The van der Waals surface area contributed by atoms with Gasteiger partial charge in [0, 0.05) is 11.5 Å². The summed E-state index contributed by atoms with van der Waals surface area (Å²) in [6.07, 6.45) is -2.25. The molecule has 0 radical (unpaired) electrons. The summed E-state index contributed by atoms with van der Waals surface area (Å²) in [5.74, 6) is -1.67. The summed E-state index contributed by atoms with van der Waals surface area (Å²) in [7, 11) is 2.28. The molecule has 0 saturated carbocycles. The first-order valence-electron chi connectivity index (χ1n) is 8.25. The Kier molecular flexibility index (Phi) is 10.9. The van der Waals surface area contributed by atoms with Gasteiger partial charge in [-0.1, -0.05) is 21.6 Å². The molecule has 2 atom stereocenters. The van der Waals surface area contributed by atoms with E-state index in [0.717, 1.165) is 21.6 Å². The first-order valence-corrected chi connectivity index (χ1v) is 10.7. The van der Waals surface area contributed by atoms with Crippen LogP contribution >= 0.6 is 21.6 Å². The zero-order chi connectivity index (χ0) is 22.1. The Morgan fingerprint density at radius 3 is 1.25 bits per heavy atom. The Labute approximate surface area is 172 Å². The number of esters is 2. The predicted molar refractivity (Wildman–Crippen MR) is 106 cm³/mol. The molecule has 0 rings (SSSR count). The standard InChI is InChI=1S/C16H28N2O8S2/c1-15(2,3)25-13(21)23-11(19)9(17)7-27-28-8-10(18)12(20)24-14(22)26-16(4,5)6/h9-10H,7-8,17-18H2,1-6H3/t9-,10?/m0/s1. The van der Waals surface area contributed by atoms with Crippen LogP contribution in [0.5, 0.6) is 0 Å². The van der Waals surface area contributed by atoms with E-state index in [9.17, 15) is 19.2 Å². The van der Waals surface area contributed by atoms with Gasteiger partial charge in [0.05, 0.1) is 0 Å². The summed E-state index contributed by atoms with van der Waals surface area (Å²) in [4.78, 5) is 46.2. The Balaban J connectivity index is 4.13. The second kappa shape index (κ2) is 11.5. The minimum absolute atomic E-state index is 0.0974. The van der Waals surface area contributed by atoms with E-state index in [0.29, 0.717) is 0 Å². The van der Waals surface area contributed by atoms with Gasteiger partial charge in [-0.2, -0.15) is 0 Å². The maximum Gasteiger partial charge on any atom is 0.516 e. The van der Waals surface area contributed by atoms with Gasteiger partial charge in [-0.05, 0) is 41.5 Å². The van der Waals surface area contributed by atoms with Crippen molar-refractivity contribution >= 4 is 45.8 Å². The first-order chi connectivity index (χ1) is 12.6. The van der Waals surface area contributed by atoms with Crippen molar-refractivity contribution < 1.29 is 38.1 Å². The van der Waals surface area contributed by atoms with Gasteiger partial charge in [0.25, 0.3) is 0 Å². The molecular weight excluding hydrogens is 412 g/mol. The van der Waals surface area contributed by atoms with Crippen LogP contribution in [-0.2, 0) is 28.5 Å². The van der Waals surface area contributed by atoms with Gasteiger partial charge in [0.15, 0.2) is 0 Å². The van der Waals surface area contributed by atoms with E-state index in [4.69, 9.17) is 20.9 Å². The highest BCUT2D eigenvalue weighted by Gasteiger charge is 2.26. The molecule has 0 amide bonds. The summed E-state index contributed by atoms with van der Waals surface area (Å²) in [6.45, 7) is 9.76. The molecule has 4 N–H and O–H groups in total. The van der Waals surface area contributed by atoms with Crippen molar-refractivity contribution in [1.82, 2.24) is 0 Å². The monoisotopic (exact) mass is 440 g/mol. The van der Waals surface area contributed by atoms with Crippen molar-refractivity contribution in [2.24, 2.45) is 11.5 Å². The normalized spacial score (nSPS) is 13.9. The molecule has 0 aromatic rings. The highest BCUT2D eigenvalue weighted by Crippen LogP contribution is 2.23. The molecule has 0 heterocycles. The van der Waals surface area contributed by atoms with Crippen LogP contribution in [0.1, 0.15) is 41.5 Å². The van der Waals surface area contributed by atoms with Crippen LogP contribution in [0.4, 0.5) is 9.59 Å². The first kappa shape index (κ1) is 26.5. The van der Waals surface area contributed by atoms with E-state index in [1.54, 1.807) is 41.5 Å². The summed E-state index contributed by atoms with van der Waals surface area (Å²) in [6, 6.07) is -2.15. The third-order valence-electron chi connectivity index (χ3n) is 2.33. The van der Waals surface area contributed by atoms with Gasteiger partial charge in [-0.25, -0.2) is 19.2 Å². The van der Waals surface area contributed by atoms with Gasteiger partial charge in [0.2, 0.25) is 0 Å². The Bertz CT molecular complexity index is 522. The molecule has 162 valence electrons. The number of ether oxygens (including phenoxy) is 4. The van der Waals surface area contributed by atoms with Crippen molar-refractivity contribution in [3.8, 4) is 0 Å². The molecule has 0 saturated heterocycles. The zero-order valence-electron chi connectivity index (χ0n) is 16.8. The Morgan fingerprint density at radius 2 is 1.00 bits per heavy atom. The molecule has 28 heavy (non-hydrogen) atoms. The third-order valence-corrected chi connectivity index (χ3v) is 4.80. The maximum atomic E-state index is 11.7. The quantitative estimate of drug-likeness (QED) is 0.257. The number of carbonyl (C=O) groups is 4. The summed E-state index contributed by atoms with van der Waals surface area (Å²) >= 11 is 0. The minimum atomic E-state index is -1.13. The average molecular weight is 441 g/mol. The van der Waals surface area contributed by atoms with Crippen LogP contribution in [0, 0.1) is 0 Å². The molecule has 0 spiro atoms. The van der Waals surface area contributed by atoms with Crippen LogP contribution in [0.25, 0.3) is 0 Å². The molecule has 12 heteroatoms. The number of nitrogens with two attached hydrogens (primary N) is 2. The highest BCUT2D eigenvalue weighted by molar-refractivity contribution is 8.76. The van der Waals surface area contributed by atoms with E-state index in [1.807, 2.05) is 0 Å². The van der Waals surface area contributed by atoms with E-state index < -0.39 is 47.5 Å². The topological polar surface area (TPSA) is 157 Å². The lowest BCUT2D eigenvalue weighted by molar-refractivity contribution is -0.143. The lowest BCUT2D eigenvalue weighted by Gasteiger charge is -2.19. The Hall–Kier alpha value is -1.50. The maximum absolute atomic E-state index is 11.7. The average Bonchev–Trinajstić information content (AvgIpc) is 2.46. The number of carbonyl (C=O) groups excluding carboxylic acids is 4. The molecule has 0 aromatic heterocycles. The lowest BCUT2D eigenvalue weighted by Crippen LogP contribution is -2.38. The third kappa shape index (κ3) is 13.6. The number of rotatable bonds is 7. The zero-order valence-corrected chi connectivity index (χ0v) is 18.4. The molecule has 0 aromatic carbocycles. The van der Waals surface area contributed by atoms with E-state index in [2.05, 4.69) is 9.47 Å². The molecule has 1 unspecified atom stereocenters. The summed E-state index contributed by atoms with van der Waals surface area (Å²) in [5, 5.41) is 0. The largest absolute Gasteiger partial charge is 0.516 e. The SMILES string of the molecule is CC(C)(C)OC(=O)OC(=O)C(N)CSSC[C@H](N)C(=O)OC(=O)OC(C)(C)C. The lowest BCUT2D eigenvalue weighted by atomic mass is 10.2. The van der Waals surface area contributed by atoms with Crippen molar-refractivity contribution in [2.75, 3.05) is 11.5 Å². The van der Waals surface area contributed by atoms with Gasteiger partial charge in [0.1, 0.15) is 23.3 Å². The molecule has 0 aliphatic heterocycles. The predicted octanol–water partition coefficient (Wildman–Crippen LogP) is 1.98. The highest BCUT2D eigenvalue weighted by atomic mass is 33.1. The van der Waals surface area contributed by atoms with Gasteiger partial charge >= 0.3 is 24.2 Å². The molecular formula is C16H28N2O8S2. The molecule has 0 aliphatic carbocycles. The van der Waals surface area contributed by atoms with E-state index in [-0.39, 0.29) is 11.5 Å². The Morgan fingerprint density at radius 1 is 0.714 bits per heavy atom. The van der Waals surface area contributed by atoms with Crippen molar-refractivity contribution in [3.05, 3.63) is 0 Å². The van der Waals surface area contributed by atoms with Crippen LogP contribution in [-0.4, -0.2) is 59.0 Å². The molecule has 0 aliphatic rings. The van der Waals surface area contributed by atoms with E-state index in [1.165, 1.54) is 0 Å². The van der Waals surface area contributed by atoms with E-state index >= 15 is 0 Å². The molecule has 0 bridgehead atoms. The minimum Gasteiger partial charge on any atom is -0.428 e. The van der Waals surface area contributed by atoms with Gasteiger partial charge in [-0.15, -0.1) is 0 Å². The van der Waals surface area contributed by atoms with Crippen LogP contribution in [0.2, 0.25) is 0 Å². The van der Waals surface area contributed by atoms with Gasteiger partial charge in [-0.3, -0.25) is 0 Å². The fourth-order valence-corrected chi connectivity index (χ4v) is 3.45. The molecule has 10 nitrogen and oxygen atoms in total.